The summed E-state index contributed by atoms with van der Waals surface area (Å²) in [5.74, 6) is 0.0801. The number of hydrogen-bond acceptors (Lipinski definition) is 5. The molecule has 0 radical (unpaired) electrons. The Morgan fingerprint density at radius 3 is 2.44 bits per heavy atom. The van der Waals surface area contributed by atoms with Crippen molar-refractivity contribution in [3.63, 3.8) is 0 Å². The first kappa shape index (κ1) is 18.3. The van der Waals surface area contributed by atoms with Gasteiger partial charge in [-0.3, -0.25) is 4.79 Å². The van der Waals surface area contributed by atoms with Gasteiger partial charge in [0.05, 0.1) is 12.8 Å². The van der Waals surface area contributed by atoms with E-state index in [1.807, 2.05) is 26.0 Å². The van der Waals surface area contributed by atoms with Gasteiger partial charge >= 0.3 is 5.97 Å². The Bertz CT molecular complexity index is 757. The minimum atomic E-state index is -0.615. The first-order valence-electron chi connectivity index (χ1n) is 7.78. The number of esters is 1. The van der Waals surface area contributed by atoms with Crippen molar-refractivity contribution in [1.29, 1.82) is 0 Å². The highest BCUT2D eigenvalue weighted by Gasteiger charge is 2.11. The van der Waals surface area contributed by atoms with Gasteiger partial charge in [0, 0.05) is 0 Å². The number of methoxy groups -OCH3 is 1. The second-order valence-electron chi connectivity index (χ2n) is 5.40. The Kier molecular flexibility index (Phi) is 6.39. The third-order valence-electron chi connectivity index (χ3n) is 3.65. The number of anilines is 1. The van der Waals surface area contributed by atoms with Crippen molar-refractivity contribution >= 4 is 17.6 Å². The van der Waals surface area contributed by atoms with E-state index in [9.17, 15) is 9.59 Å². The van der Waals surface area contributed by atoms with Crippen LogP contribution in [-0.4, -0.2) is 32.2 Å². The molecule has 0 aliphatic heterocycles. The Balaban J connectivity index is 1.79. The summed E-state index contributed by atoms with van der Waals surface area (Å²) in [4.78, 5) is 23.6. The van der Waals surface area contributed by atoms with Crippen LogP contribution in [0.3, 0.4) is 0 Å². The van der Waals surface area contributed by atoms with E-state index in [1.165, 1.54) is 7.11 Å². The molecule has 1 amide bonds. The molecule has 0 aliphatic carbocycles. The molecule has 2 rings (SSSR count). The van der Waals surface area contributed by atoms with Crippen LogP contribution in [0.2, 0.25) is 0 Å². The maximum atomic E-state index is 11.9. The molecule has 0 heterocycles. The molecule has 0 atom stereocenters. The summed E-state index contributed by atoms with van der Waals surface area (Å²) in [6, 6.07) is 12.6. The highest BCUT2D eigenvalue weighted by Crippen LogP contribution is 2.23. The van der Waals surface area contributed by atoms with E-state index in [1.54, 1.807) is 30.3 Å². The van der Waals surface area contributed by atoms with Crippen molar-refractivity contribution in [2.45, 2.75) is 13.8 Å². The average molecular weight is 343 g/mol. The Labute approximate surface area is 146 Å². The fraction of sp³-hybridized carbons (Fsp3) is 0.263. The molecule has 0 aliphatic rings. The summed E-state index contributed by atoms with van der Waals surface area (Å²) in [6.45, 7) is 3.22. The topological polar surface area (TPSA) is 73.9 Å². The summed E-state index contributed by atoms with van der Waals surface area (Å²) >= 11 is 0. The molecule has 0 aromatic heterocycles. The Morgan fingerprint density at radius 2 is 1.68 bits per heavy atom. The van der Waals surface area contributed by atoms with Crippen LogP contribution in [0.1, 0.15) is 11.1 Å². The normalized spacial score (nSPS) is 10.0. The summed E-state index contributed by atoms with van der Waals surface area (Å²) in [6.07, 6.45) is 0. The van der Waals surface area contributed by atoms with Gasteiger partial charge in [0.2, 0.25) is 0 Å². The van der Waals surface area contributed by atoms with Crippen molar-refractivity contribution in [3.05, 3.63) is 53.6 Å². The number of carbonyl (C=O) groups is 2. The molecular weight excluding hydrogens is 322 g/mol. The molecule has 132 valence electrons. The van der Waals surface area contributed by atoms with E-state index >= 15 is 0 Å². The lowest BCUT2D eigenvalue weighted by Crippen LogP contribution is -2.24. The van der Waals surface area contributed by atoms with Crippen molar-refractivity contribution in [2.24, 2.45) is 0 Å². The summed E-state index contributed by atoms with van der Waals surface area (Å²) in [5.41, 5.74) is 2.55. The smallest absolute Gasteiger partial charge is 0.344 e. The number of carbonyl (C=O) groups excluding carboxylic acids is 2. The number of para-hydroxylation sites is 2. The molecule has 0 saturated heterocycles. The van der Waals surface area contributed by atoms with Crippen LogP contribution >= 0.6 is 0 Å². The van der Waals surface area contributed by atoms with Gasteiger partial charge in [-0.2, -0.15) is 0 Å². The molecule has 0 spiro atoms. The number of amides is 1. The predicted octanol–water partition coefficient (Wildman–Crippen LogP) is 2.87. The van der Waals surface area contributed by atoms with Crippen LogP contribution in [0.15, 0.2) is 42.5 Å². The van der Waals surface area contributed by atoms with Crippen molar-refractivity contribution < 1.29 is 23.8 Å². The highest BCUT2D eigenvalue weighted by molar-refractivity contribution is 5.94. The molecule has 1 N–H and O–H groups in total. The minimum absolute atomic E-state index is 0.258. The lowest BCUT2D eigenvalue weighted by atomic mass is 10.1. The third kappa shape index (κ3) is 5.24. The maximum absolute atomic E-state index is 11.9. The SMILES string of the molecule is COc1ccccc1NC(=O)COC(=O)COc1cccc(C)c1C. The van der Waals surface area contributed by atoms with Gasteiger partial charge in [0.1, 0.15) is 11.5 Å². The highest BCUT2D eigenvalue weighted by atomic mass is 16.6. The molecule has 0 unspecified atom stereocenters. The molecule has 6 heteroatoms. The predicted molar refractivity (Wildman–Crippen MR) is 94.0 cm³/mol. The van der Waals surface area contributed by atoms with Crippen LogP contribution in [0.4, 0.5) is 5.69 Å². The van der Waals surface area contributed by atoms with Gasteiger partial charge in [0.15, 0.2) is 13.2 Å². The van der Waals surface area contributed by atoms with Crippen LogP contribution in [0.5, 0.6) is 11.5 Å². The van der Waals surface area contributed by atoms with Gasteiger partial charge in [-0.1, -0.05) is 24.3 Å². The molecule has 0 fully saturated rings. The van der Waals surface area contributed by atoms with Gasteiger partial charge in [-0.25, -0.2) is 4.79 Å². The summed E-state index contributed by atoms with van der Waals surface area (Å²) < 4.78 is 15.5. The lowest BCUT2D eigenvalue weighted by Gasteiger charge is -2.11. The van der Waals surface area contributed by atoms with E-state index < -0.39 is 18.5 Å². The molecule has 2 aromatic carbocycles. The number of aryl methyl sites for hydroxylation is 1. The molecule has 0 saturated carbocycles. The molecule has 2 aromatic rings. The van der Waals surface area contributed by atoms with Crippen molar-refractivity contribution in [1.82, 2.24) is 0 Å². The van der Waals surface area contributed by atoms with Crippen LogP contribution < -0.4 is 14.8 Å². The minimum Gasteiger partial charge on any atom is -0.495 e. The van der Waals surface area contributed by atoms with Crippen LogP contribution in [0.25, 0.3) is 0 Å². The van der Waals surface area contributed by atoms with Gasteiger partial charge < -0.3 is 19.5 Å². The zero-order valence-electron chi connectivity index (χ0n) is 14.5. The van der Waals surface area contributed by atoms with E-state index in [0.717, 1.165) is 11.1 Å². The molecule has 0 bridgehead atoms. The lowest BCUT2D eigenvalue weighted by molar-refractivity contribution is -0.149. The zero-order valence-corrected chi connectivity index (χ0v) is 14.5. The maximum Gasteiger partial charge on any atom is 0.344 e. The van der Waals surface area contributed by atoms with E-state index in [2.05, 4.69) is 5.32 Å². The second kappa shape index (κ2) is 8.73. The standard InChI is InChI=1S/C19H21NO5/c1-13-7-6-10-16(14(13)2)24-12-19(22)25-11-18(21)20-15-8-4-5-9-17(15)23-3/h4-10H,11-12H2,1-3H3,(H,20,21). The fourth-order valence-corrected chi connectivity index (χ4v) is 2.14. The van der Waals surface area contributed by atoms with E-state index in [0.29, 0.717) is 17.2 Å². The van der Waals surface area contributed by atoms with Gasteiger partial charge in [-0.15, -0.1) is 0 Å². The Hall–Kier alpha value is -3.02. The first-order valence-corrected chi connectivity index (χ1v) is 7.78. The Morgan fingerprint density at radius 1 is 0.960 bits per heavy atom. The van der Waals surface area contributed by atoms with Gasteiger partial charge in [0.25, 0.3) is 5.91 Å². The molecule has 25 heavy (non-hydrogen) atoms. The number of nitrogens with one attached hydrogen (secondary N) is 1. The van der Waals surface area contributed by atoms with E-state index in [-0.39, 0.29) is 6.61 Å². The van der Waals surface area contributed by atoms with Crippen LogP contribution in [-0.2, 0) is 14.3 Å². The summed E-state index contributed by atoms with van der Waals surface area (Å²) in [5, 5.41) is 2.63. The molecular formula is C19H21NO5. The number of rotatable bonds is 7. The van der Waals surface area contributed by atoms with Gasteiger partial charge in [-0.05, 0) is 43.2 Å². The fourth-order valence-electron chi connectivity index (χ4n) is 2.14. The largest absolute Gasteiger partial charge is 0.495 e. The number of ether oxygens (including phenoxy) is 3. The monoisotopic (exact) mass is 343 g/mol. The van der Waals surface area contributed by atoms with Crippen molar-refractivity contribution in [2.75, 3.05) is 25.6 Å². The van der Waals surface area contributed by atoms with Crippen LogP contribution in [0, 0.1) is 13.8 Å². The number of hydrogen-bond donors (Lipinski definition) is 1. The average Bonchev–Trinajstić information content (AvgIpc) is 2.61. The first-order chi connectivity index (χ1) is 12.0. The number of benzene rings is 2. The van der Waals surface area contributed by atoms with E-state index in [4.69, 9.17) is 14.2 Å². The molecule has 6 nitrogen and oxygen atoms in total. The quantitative estimate of drug-likeness (QED) is 0.783. The zero-order chi connectivity index (χ0) is 18.2. The summed E-state index contributed by atoms with van der Waals surface area (Å²) in [7, 11) is 1.51. The second-order valence-corrected chi connectivity index (χ2v) is 5.40. The third-order valence-corrected chi connectivity index (χ3v) is 3.65. The van der Waals surface area contributed by atoms with Crippen molar-refractivity contribution in [3.8, 4) is 11.5 Å².